The van der Waals surface area contributed by atoms with Gasteiger partial charge >= 0.3 is 6.61 Å². The SMILES string of the molecule is CC(C)n1nc(-c2cnc(N)c(OC(F)F)c2)cc1C1[C@H]2CC(F)(CN(C)C)C[C@@H]12. The van der Waals surface area contributed by atoms with Crippen LogP contribution in [0.4, 0.5) is 19.0 Å². The number of halogens is 3. The first-order valence-corrected chi connectivity index (χ1v) is 10.2. The van der Waals surface area contributed by atoms with Gasteiger partial charge in [0.2, 0.25) is 0 Å². The first kappa shape index (κ1) is 21.0. The van der Waals surface area contributed by atoms with Crippen LogP contribution in [-0.4, -0.2) is 52.6 Å². The van der Waals surface area contributed by atoms with Crippen LogP contribution >= 0.6 is 0 Å². The Bertz CT molecular complexity index is 917. The number of nitrogens with zero attached hydrogens (tertiary/aromatic N) is 4. The van der Waals surface area contributed by atoms with Gasteiger partial charge in [-0.05, 0) is 64.8 Å². The van der Waals surface area contributed by atoms with Crippen molar-refractivity contribution in [3.63, 3.8) is 0 Å². The minimum atomic E-state index is -2.98. The van der Waals surface area contributed by atoms with Crippen molar-refractivity contribution in [1.82, 2.24) is 19.7 Å². The number of nitrogens with two attached hydrogens (primary N) is 1. The molecule has 2 saturated carbocycles. The lowest BCUT2D eigenvalue weighted by molar-refractivity contribution is -0.0494. The Balaban J connectivity index is 1.59. The van der Waals surface area contributed by atoms with E-state index in [1.165, 1.54) is 12.3 Å². The molecule has 0 spiro atoms. The summed E-state index contributed by atoms with van der Waals surface area (Å²) >= 11 is 0. The summed E-state index contributed by atoms with van der Waals surface area (Å²) in [6.45, 7) is 1.54. The highest BCUT2D eigenvalue weighted by molar-refractivity contribution is 5.64. The fourth-order valence-corrected chi connectivity index (χ4v) is 5.06. The Morgan fingerprint density at radius 2 is 1.93 bits per heavy atom. The molecule has 4 atom stereocenters. The molecule has 2 aliphatic carbocycles. The van der Waals surface area contributed by atoms with Gasteiger partial charge in [-0.25, -0.2) is 9.37 Å². The van der Waals surface area contributed by atoms with Crippen LogP contribution in [0.1, 0.15) is 44.3 Å². The molecule has 0 saturated heterocycles. The average molecular weight is 423 g/mol. The normalized spacial score (nSPS) is 27.9. The zero-order chi connectivity index (χ0) is 21.8. The van der Waals surface area contributed by atoms with Gasteiger partial charge in [0, 0.05) is 36.0 Å². The van der Waals surface area contributed by atoms with Crippen molar-refractivity contribution in [3.05, 3.63) is 24.0 Å². The molecule has 2 heterocycles. The quantitative estimate of drug-likeness (QED) is 0.726. The second-order valence-electron chi connectivity index (χ2n) is 9.13. The first-order valence-electron chi connectivity index (χ1n) is 10.2. The third-order valence-corrected chi connectivity index (χ3v) is 6.12. The zero-order valence-electron chi connectivity index (χ0n) is 17.6. The van der Waals surface area contributed by atoms with Crippen molar-refractivity contribution < 1.29 is 17.9 Å². The zero-order valence-corrected chi connectivity index (χ0v) is 17.6. The van der Waals surface area contributed by atoms with Crippen LogP contribution < -0.4 is 10.5 Å². The number of nitrogen functional groups attached to an aromatic ring is 1. The summed E-state index contributed by atoms with van der Waals surface area (Å²) in [6.07, 6.45) is 2.63. The minimum Gasteiger partial charge on any atom is -0.431 e. The number of pyridine rings is 1. The number of hydrogen-bond donors (Lipinski definition) is 1. The van der Waals surface area contributed by atoms with E-state index in [0.29, 0.717) is 42.5 Å². The second-order valence-corrected chi connectivity index (χ2v) is 9.13. The highest BCUT2D eigenvalue weighted by atomic mass is 19.3. The smallest absolute Gasteiger partial charge is 0.387 e. The van der Waals surface area contributed by atoms with Gasteiger partial charge in [0.1, 0.15) is 5.67 Å². The Labute approximate surface area is 174 Å². The fourth-order valence-electron chi connectivity index (χ4n) is 5.06. The van der Waals surface area contributed by atoms with E-state index in [9.17, 15) is 8.78 Å². The standard InChI is InChI=1S/C21H28F3N5O/c1-11(2)29-16(18-13-7-21(24,8-14(13)18)10-28(3)4)6-15(27-29)12-5-17(30-20(22)23)19(25)26-9-12/h5-6,9,11,13-14,18,20H,7-8,10H2,1-4H3,(H2,25,26)/t13-,14+,18?,21?. The van der Waals surface area contributed by atoms with Gasteiger partial charge in [0.15, 0.2) is 11.6 Å². The third-order valence-electron chi connectivity index (χ3n) is 6.12. The molecule has 2 aromatic rings. The van der Waals surface area contributed by atoms with Gasteiger partial charge in [-0.15, -0.1) is 0 Å². The van der Waals surface area contributed by atoms with Crippen molar-refractivity contribution in [2.75, 3.05) is 26.4 Å². The molecule has 0 amide bonds. The molecule has 164 valence electrons. The van der Waals surface area contributed by atoms with Crippen LogP contribution in [0, 0.1) is 11.8 Å². The second kappa shape index (κ2) is 7.44. The largest absolute Gasteiger partial charge is 0.431 e. The van der Waals surface area contributed by atoms with Crippen molar-refractivity contribution in [2.24, 2.45) is 11.8 Å². The summed E-state index contributed by atoms with van der Waals surface area (Å²) < 4.78 is 46.8. The molecule has 2 unspecified atom stereocenters. The maximum absolute atomic E-state index is 15.1. The number of aromatic nitrogens is 3. The summed E-state index contributed by atoms with van der Waals surface area (Å²) in [5.41, 5.74) is 6.76. The van der Waals surface area contributed by atoms with E-state index in [1.54, 1.807) is 0 Å². The highest BCUT2D eigenvalue weighted by Gasteiger charge is 2.63. The van der Waals surface area contributed by atoms with Crippen molar-refractivity contribution >= 4 is 5.82 Å². The summed E-state index contributed by atoms with van der Waals surface area (Å²) in [5, 5.41) is 4.69. The Kier molecular flexibility index (Phi) is 5.20. The lowest BCUT2D eigenvalue weighted by Gasteiger charge is -2.26. The van der Waals surface area contributed by atoms with Crippen LogP contribution in [0.5, 0.6) is 5.75 Å². The van der Waals surface area contributed by atoms with Gasteiger partial charge in [0.05, 0.1) is 5.69 Å². The maximum Gasteiger partial charge on any atom is 0.387 e. The van der Waals surface area contributed by atoms with E-state index in [2.05, 4.69) is 9.72 Å². The van der Waals surface area contributed by atoms with Gasteiger partial charge in [-0.2, -0.15) is 13.9 Å². The van der Waals surface area contributed by atoms with E-state index in [-0.39, 0.29) is 23.5 Å². The number of ether oxygens (including phenoxy) is 1. The molecule has 6 nitrogen and oxygen atoms in total. The average Bonchev–Trinajstić information content (AvgIpc) is 2.99. The van der Waals surface area contributed by atoms with Crippen molar-refractivity contribution in [2.45, 2.75) is 50.9 Å². The van der Waals surface area contributed by atoms with Gasteiger partial charge < -0.3 is 15.4 Å². The molecule has 0 aromatic carbocycles. The molecule has 2 fully saturated rings. The van der Waals surface area contributed by atoms with E-state index in [4.69, 9.17) is 10.8 Å². The van der Waals surface area contributed by atoms with Crippen molar-refractivity contribution in [1.29, 1.82) is 0 Å². The number of hydrogen-bond acceptors (Lipinski definition) is 5. The topological polar surface area (TPSA) is 69.2 Å². The molecule has 2 N–H and O–H groups in total. The minimum absolute atomic E-state index is 0.0977. The molecular weight excluding hydrogens is 395 g/mol. The molecule has 0 bridgehead atoms. The molecule has 2 aliphatic rings. The van der Waals surface area contributed by atoms with E-state index in [1.807, 2.05) is 43.6 Å². The molecule has 0 radical (unpaired) electrons. The third kappa shape index (κ3) is 3.87. The first-order chi connectivity index (χ1) is 14.1. The van der Waals surface area contributed by atoms with Crippen LogP contribution in [-0.2, 0) is 0 Å². The molecule has 30 heavy (non-hydrogen) atoms. The lowest BCUT2D eigenvalue weighted by atomic mass is 9.94. The number of fused-ring (bicyclic) bond motifs is 1. The summed E-state index contributed by atoms with van der Waals surface area (Å²) in [6, 6.07) is 3.52. The molecule has 0 aliphatic heterocycles. The monoisotopic (exact) mass is 423 g/mol. The Morgan fingerprint density at radius 1 is 1.27 bits per heavy atom. The molecular formula is C21H28F3N5O. The predicted molar refractivity (Wildman–Crippen MR) is 108 cm³/mol. The van der Waals surface area contributed by atoms with Crippen molar-refractivity contribution in [3.8, 4) is 17.0 Å². The van der Waals surface area contributed by atoms with Crippen LogP contribution in [0.15, 0.2) is 18.3 Å². The molecule has 4 rings (SSSR count). The molecule has 9 heteroatoms. The van der Waals surface area contributed by atoms with Gasteiger partial charge in [-0.3, -0.25) is 4.68 Å². The Morgan fingerprint density at radius 3 is 2.50 bits per heavy atom. The summed E-state index contributed by atoms with van der Waals surface area (Å²) in [4.78, 5) is 5.88. The van der Waals surface area contributed by atoms with E-state index < -0.39 is 12.3 Å². The highest BCUT2D eigenvalue weighted by Crippen LogP contribution is 2.67. The predicted octanol–water partition coefficient (Wildman–Crippen LogP) is 4.10. The van der Waals surface area contributed by atoms with Gasteiger partial charge in [0.25, 0.3) is 0 Å². The van der Waals surface area contributed by atoms with Crippen LogP contribution in [0.2, 0.25) is 0 Å². The van der Waals surface area contributed by atoms with E-state index >= 15 is 4.39 Å². The van der Waals surface area contributed by atoms with Crippen LogP contribution in [0.25, 0.3) is 11.3 Å². The van der Waals surface area contributed by atoms with Crippen LogP contribution in [0.3, 0.4) is 0 Å². The maximum atomic E-state index is 15.1. The number of rotatable bonds is 7. The summed E-state index contributed by atoms with van der Waals surface area (Å²) in [7, 11) is 3.80. The van der Waals surface area contributed by atoms with Gasteiger partial charge in [-0.1, -0.05) is 0 Å². The summed E-state index contributed by atoms with van der Waals surface area (Å²) in [5.74, 6) is 0.647. The Hall–Kier alpha value is -2.29. The fraction of sp³-hybridized carbons (Fsp3) is 0.619. The van der Waals surface area contributed by atoms with E-state index in [0.717, 1.165) is 5.69 Å². The molecule has 2 aromatic heterocycles. The number of alkyl halides is 3. The lowest BCUT2D eigenvalue weighted by Crippen LogP contribution is -2.35. The number of anilines is 1.